The molecule has 2 rings (SSSR count). The minimum absolute atomic E-state index is 0.797. The van der Waals surface area contributed by atoms with Gasteiger partial charge in [0.1, 0.15) is 4.60 Å². The average Bonchev–Trinajstić information content (AvgIpc) is 2.35. The number of hydrogen-bond donors (Lipinski definition) is 1. The number of aromatic amines is 1. The molecule has 0 aliphatic rings. The maximum Gasteiger partial charge on any atom is 0.186 e. The summed E-state index contributed by atoms with van der Waals surface area (Å²) in [6, 6.07) is 0. The van der Waals surface area contributed by atoms with E-state index in [9.17, 15) is 0 Å². The molecule has 2 aromatic heterocycles. The molecule has 0 aliphatic heterocycles. The molecule has 0 spiro atoms. The first-order valence-electron chi connectivity index (χ1n) is 2.20. The summed E-state index contributed by atoms with van der Waals surface area (Å²) in [5.74, 6) is 0. The molecule has 6 heteroatoms. The van der Waals surface area contributed by atoms with Gasteiger partial charge in [0.05, 0.1) is 0 Å². The van der Waals surface area contributed by atoms with Crippen molar-refractivity contribution in [1.82, 2.24) is 19.8 Å². The van der Waals surface area contributed by atoms with Crippen molar-refractivity contribution >= 4 is 37.8 Å². The lowest BCUT2D eigenvalue weighted by Crippen LogP contribution is -1.66. The van der Waals surface area contributed by atoms with Crippen LogP contribution in [0.5, 0.6) is 0 Å². The van der Waals surface area contributed by atoms with Crippen LogP contribution in [0.2, 0.25) is 0 Å². The number of nitrogens with zero attached hydrogens (tertiary/aromatic N) is 3. The van der Waals surface area contributed by atoms with E-state index >= 15 is 0 Å². The van der Waals surface area contributed by atoms with Gasteiger partial charge < -0.3 is 0 Å². The van der Waals surface area contributed by atoms with Crippen molar-refractivity contribution in [2.45, 2.75) is 0 Å². The van der Waals surface area contributed by atoms with Crippen molar-refractivity contribution in [3.05, 3.63) is 4.60 Å². The van der Waals surface area contributed by atoms with Gasteiger partial charge in [0.2, 0.25) is 0 Å². The van der Waals surface area contributed by atoms with Gasteiger partial charge in [0.15, 0.2) is 10.3 Å². The van der Waals surface area contributed by atoms with Crippen LogP contribution in [-0.2, 0) is 0 Å². The average molecular weight is 205 g/mol. The predicted octanol–water partition coefficient (Wildman–Crippen LogP) is 1.18. The van der Waals surface area contributed by atoms with Crippen molar-refractivity contribution in [3.63, 3.8) is 0 Å². The number of rotatable bonds is 0. The van der Waals surface area contributed by atoms with Crippen LogP contribution < -0.4 is 0 Å². The van der Waals surface area contributed by atoms with E-state index in [-0.39, 0.29) is 0 Å². The van der Waals surface area contributed by atoms with Gasteiger partial charge in [-0.25, -0.2) is 0 Å². The summed E-state index contributed by atoms with van der Waals surface area (Å²) in [6.07, 6.45) is 0. The monoisotopic (exact) mass is 204 g/mol. The molecule has 1 N–H and O–H groups in total. The molecule has 0 unspecified atom stereocenters. The fourth-order valence-corrected chi connectivity index (χ4v) is 1.55. The normalized spacial score (nSPS) is 10.8. The lowest BCUT2D eigenvalue weighted by Gasteiger charge is -1.70. The fraction of sp³-hybridized carbons (Fsp3) is 0. The Morgan fingerprint density at radius 1 is 1.56 bits per heavy atom. The molecule has 0 amide bonds. The molecule has 46 valence electrons. The lowest BCUT2D eigenvalue weighted by atomic mass is 10.7. The van der Waals surface area contributed by atoms with Gasteiger partial charge >= 0.3 is 0 Å². The van der Waals surface area contributed by atoms with E-state index in [1.54, 1.807) is 0 Å². The molecule has 0 aliphatic carbocycles. The SMILES string of the molecule is Brc1[nH]nc2snnc12. The van der Waals surface area contributed by atoms with Crippen molar-refractivity contribution in [2.24, 2.45) is 0 Å². The summed E-state index contributed by atoms with van der Waals surface area (Å²) in [7, 11) is 0. The first-order valence-corrected chi connectivity index (χ1v) is 3.76. The first-order chi connectivity index (χ1) is 4.38. The summed E-state index contributed by atoms with van der Waals surface area (Å²) in [5.41, 5.74) is 0.806. The minimum atomic E-state index is 0.797. The first kappa shape index (κ1) is 5.31. The van der Waals surface area contributed by atoms with E-state index in [1.807, 2.05) is 0 Å². The maximum absolute atomic E-state index is 3.90. The third-order valence-corrected chi connectivity index (χ3v) is 2.11. The van der Waals surface area contributed by atoms with Crippen LogP contribution in [0.15, 0.2) is 4.60 Å². The summed E-state index contributed by atoms with van der Waals surface area (Å²) < 4.78 is 4.50. The zero-order valence-electron chi connectivity index (χ0n) is 4.13. The van der Waals surface area contributed by atoms with Gasteiger partial charge in [-0.2, -0.15) is 5.10 Å². The molecular weight excluding hydrogens is 204 g/mol. The van der Waals surface area contributed by atoms with E-state index in [1.165, 1.54) is 11.5 Å². The fourth-order valence-electron chi connectivity index (χ4n) is 0.550. The molecule has 0 bridgehead atoms. The molecule has 0 saturated heterocycles. The highest BCUT2D eigenvalue weighted by atomic mass is 79.9. The molecule has 4 nitrogen and oxygen atoms in total. The second-order valence-electron chi connectivity index (χ2n) is 1.46. The molecule has 0 aromatic carbocycles. The Kier molecular flexibility index (Phi) is 1.03. The second kappa shape index (κ2) is 1.74. The number of H-pyrrole nitrogens is 1. The Bertz CT molecular complexity index is 325. The summed E-state index contributed by atoms with van der Waals surface area (Å²) >= 11 is 4.51. The second-order valence-corrected chi connectivity index (χ2v) is 2.99. The van der Waals surface area contributed by atoms with Crippen molar-refractivity contribution in [1.29, 1.82) is 0 Å². The van der Waals surface area contributed by atoms with Crippen LogP contribution in [0.4, 0.5) is 0 Å². The molecule has 2 aromatic rings. The Morgan fingerprint density at radius 2 is 2.44 bits per heavy atom. The zero-order valence-corrected chi connectivity index (χ0v) is 6.53. The predicted molar refractivity (Wildman–Crippen MR) is 37.3 cm³/mol. The topological polar surface area (TPSA) is 54.5 Å². The van der Waals surface area contributed by atoms with Crippen LogP contribution in [-0.4, -0.2) is 19.8 Å². The van der Waals surface area contributed by atoms with E-state index in [2.05, 4.69) is 35.7 Å². The van der Waals surface area contributed by atoms with E-state index < -0.39 is 0 Å². The van der Waals surface area contributed by atoms with Crippen molar-refractivity contribution in [2.75, 3.05) is 0 Å². The molecule has 0 saturated carbocycles. The Morgan fingerprint density at radius 3 is 3.22 bits per heavy atom. The minimum Gasteiger partial charge on any atom is -0.268 e. The van der Waals surface area contributed by atoms with E-state index in [0.29, 0.717) is 0 Å². The molecule has 9 heavy (non-hydrogen) atoms. The van der Waals surface area contributed by atoms with Crippen LogP contribution in [0.1, 0.15) is 0 Å². The van der Waals surface area contributed by atoms with Gasteiger partial charge in [-0.05, 0) is 15.9 Å². The van der Waals surface area contributed by atoms with Crippen LogP contribution in [0.25, 0.3) is 10.3 Å². The highest BCUT2D eigenvalue weighted by Gasteiger charge is 2.04. The Hall–Kier alpha value is -0.490. The number of hydrogen-bond acceptors (Lipinski definition) is 4. The van der Waals surface area contributed by atoms with Crippen LogP contribution in [0.3, 0.4) is 0 Å². The van der Waals surface area contributed by atoms with E-state index in [4.69, 9.17) is 0 Å². The maximum atomic E-state index is 3.90. The summed E-state index contributed by atoms with van der Waals surface area (Å²) in [4.78, 5) is 0.835. The number of nitrogens with one attached hydrogen (secondary N) is 1. The van der Waals surface area contributed by atoms with Crippen molar-refractivity contribution < 1.29 is 0 Å². The van der Waals surface area contributed by atoms with Crippen LogP contribution >= 0.6 is 27.5 Å². The highest BCUT2D eigenvalue weighted by molar-refractivity contribution is 9.10. The molecular formula is C3HBrN4S. The van der Waals surface area contributed by atoms with Gasteiger partial charge in [-0.3, -0.25) is 5.10 Å². The summed E-state index contributed by atoms with van der Waals surface area (Å²) in [5, 5.41) is 10.4. The third-order valence-electron chi connectivity index (χ3n) is 0.934. The Labute approximate surface area is 62.6 Å². The quantitative estimate of drug-likeness (QED) is 0.702. The van der Waals surface area contributed by atoms with Gasteiger partial charge in [-0.1, -0.05) is 4.49 Å². The number of aromatic nitrogens is 4. The van der Waals surface area contributed by atoms with Gasteiger partial charge in [0.25, 0.3) is 0 Å². The largest absolute Gasteiger partial charge is 0.268 e. The molecule has 0 fully saturated rings. The van der Waals surface area contributed by atoms with E-state index in [0.717, 1.165) is 15.0 Å². The number of fused-ring (bicyclic) bond motifs is 1. The lowest BCUT2D eigenvalue weighted by molar-refractivity contribution is 1.09. The van der Waals surface area contributed by atoms with Gasteiger partial charge in [0, 0.05) is 11.5 Å². The standard InChI is InChI=1S/C3HBrN4S/c4-2-1-3(7-6-2)9-8-5-1/h(H,6,7). The smallest absolute Gasteiger partial charge is 0.186 e. The molecule has 2 heterocycles. The highest BCUT2D eigenvalue weighted by Crippen LogP contribution is 2.19. The van der Waals surface area contributed by atoms with Crippen LogP contribution in [0, 0.1) is 0 Å². The molecule has 0 radical (unpaired) electrons. The zero-order chi connectivity index (χ0) is 6.27. The summed E-state index contributed by atoms with van der Waals surface area (Å²) in [6.45, 7) is 0. The Balaban J connectivity index is 2.99. The van der Waals surface area contributed by atoms with Crippen molar-refractivity contribution in [3.8, 4) is 0 Å². The molecule has 0 atom stereocenters. The number of halogens is 1. The third kappa shape index (κ3) is 0.665. The van der Waals surface area contributed by atoms with Gasteiger partial charge in [-0.15, -0.1) is 5.10 Å².